The van der Waals surface area contributed by atoms with Crippen LogP contribution in [0.4, 0.5) is 4.39 Å². The van der Waals surface area contributed by atoms with Crippen molar-refractivity contribution in [3.05, 3.63) is 35.6 Å². The van der Waals surface area contributed by atoms with Crippen LogP contribution in [0.5, 0.6) is 0 Å². The Morgan fingerprint density at radius 1 is 1.32 bits per heavy atom. The lowest BCUT2D eigenvalue weighted by molar-refractivity contribution is -0.152. The molecule has 2 heterocycles. The molecule has 0 spiro atoms. The zero-order valence-corrected chi connectivity index (χ0v) is 11.5. The number of methoxy groups -OCH3 is 1. The van der Waals surface area contributed by atoms with Gasteiger partial charge in [-0.3, -0.25) is 19.3 Å². The van der Waals surface area contributed by atoms with Crippen LogP contribution in [0.25, 0.3) is 0 Å². The molecule has 0 radical (unpaired) electrons. The van der Waals surface area contributed by atoms with E-state index in [1.165, 1.54) is 24.3 Å². The fourth-order valence-electron chi connectivity index (χ4n) is 2.44. The SMILES string of the molecule is COC(=O)CN1C(=O)C2ON=C(c3ccc([18F])cc3)C2C1=O. The first-order valence-corrected chi connectivity index (χ1v) is 6.44. The molecule has 1 aromatic carbocycles. The molecular formula is C14H11FN2O5. The van der Waals surface area contributed by atoms with Crippen molar-refractivity contribution in [2.24, 2.45) is 11.1 Å². The number of amides is 2. The summed E-state index contributed by atoms with van der Waals surface area (Å²) in [5.74, 6) is -3.28. The first-order valence-electron chi connectivity index (χ1n) is 6.44. The number of oxime groups is 1. The Morgan fingerprint density at radius 3 is 2.64 bits per heavy atom. The number of carbonyl (C=O) groups is 3. The summed E-state index contributed by atoms with van der Waals surface area (Å²) in [5.41, 5.74) is 0.727. The maximum absolute atomic E-state index is 13.0. The van der Waals surface area contributed by atoms with Crippen molar-refractivity contribution in [2.75, 3.05) is 13.7 Å². The molecule has 2 aliphatic rings. The van der Waals surface area contributed by atoms with Crippen molar-refractivity contribution in [1.82, 2.24) is 4.90 Å². The first kappa shape index (κ1) is 14.2. The summed E-state index contributed by atoms with van der Waals surface area (Å²) in [7, 11) is 1.16. The Labute approximate surface area is 124 Å². The number of hydrogen-bond donors (Lipinski definition) is 0. The zero-order valence-electron chi connectivity index (χ0n) is 11.5. The number of rotatable bonds is 3. The highest BCUT2D eigenvalue weighted by atomic mass is 18.2. The van der Waals surface area contributed by atoms with Crippen LogP contribution < -0.4 is 0 Å². The highest BCUT2D eigenvalue weighted by molar-refractivity contribution is 6.23. The second kappa shape index (κ2) is 5.21. The lowest BCUT2D eigenvalue weighted by Crippen LogP contribution is -2.38. The van der Waals surface area contributed by atoms with Gasteiger partial charge in [0, 0.05) is 5.56 Å². The van der Waals surface area contributed by atoms with Crippen LogP contribution in [0.2, 0.25) is 0 Å². The second-order valence-electron chi connectivity index (χ2n) is 4.83. The number of carbonyl (C=O) groups excluding carboxylic acids is 3. The van der Waals surface area contributed by atoms with Crippen molar-refractivity contribution in [3.63, 3.8) is 0 Å². The standard InChI is InChI=1S/C14H11FN2O5/c1-21-9(18)6-17-13(19)10-11(16-22-12(10)14(17)20)7-2-4-8(15)5-3-7/h2-5,10,12H,6H2,1H3/i15-1. The highest BCUT2D eigenvalue weighted by Gasteiger charge is 2.56. The van der Waals surface area contributed by atoms with Crippen LogP contribution in [0.1, 0.15) is 5.56 Å². The number of halogens is 1. The summed E-state index contributed by atoms with van der Waals surface area (Å²) in [6.07, 6.45) is -1.09. The molecule has 0 saturated carbocycles. The van der Waals surface area contributed by atoms with Crippen molar-refractivity contribution < 1.29 is 28.3 Å². The largest absolute Gasteiger partial charge is 0.468 e. The Kier molecular flexibility index (Phi) is 3.36. The number of hydrogen-bond acceptors (Lipinski definition) is 6. The maximum atomic E-state index is 13.0. The van der Waals surface area contributed by atoms with E-state index < -0.39 is 42.2 Å². The van der Waals surface area contributed by atoms with Gasteiger partial charge in [-0.25, -0.2) is 4.39 Å². The average molecular weight is 305 g/mol. The van der Waals surface area contributed by atoms with Gasteiger partial charge in [-0.15, -0.1) is 0 Å². The van der Waals surface area contributed by atoms with Crippen LogP contribution in [0.15, 0.2) is 29.4 Å². The van der Waals surface area contributed by atoms with Crippen molar-refractivity contribution in [3.8, 4) is 0 Å². The molecule has 0 aromatic heterocycles. The molecule has 22 heavy (non-hydrogen) atoms. The Hall–Kier alpha value is -2.77. The molecule has 2 aliphatic heterocycles. The summed E-state index contributed by atoms with van der Waals surface area (Å²) >= 11 is 0. The molecule has 1 aromatic rings. The van der Waals surface area contributed by atoms with Gasteiger partial charge in [-0.2, -0.15) is 0 Å². The molecule has 2 atom stereocenters. The molecule has 0 N–H and O–H groups in total. The Bertz CT molecular complexity index is 685. The van der Waals surface area contributed by atoms with Gasteiger partial charge in [0.15, 0.2) is 0 Å². The minimum Gasteiger partial charge on any atom is -0.468 e. The third-order valence-electron chi connectivity index (χ3n) is 3.56. The monoisotopic (exact) mass is 305 g/mol. The predicted molar refractivity (Wildman–Crippen MR) is 70.0 cm³/mol. The van der Waals surface area contributed by atoms with Gasteiger partial charge in [0.2, 0.25) is 12.0 Å². The summed E-state index contributed by atoms with van der Waals surface area (Å²) in [4.78, 5) is 41.6. The van der Waals surface area contributed by atoms with E-state index in [0.717, 1.165) is 12.0 Å². The van der Waals surface area contributed by atoms with Gasteiger partial charge in [-0.05, 0) is 12.1 Å². The fourth-order valence-corrected chi connectivity index (χ4v) is 2.44. The Balaban J connectivity index is 1.87. The zero-order chi connectivity index (χ0) is 15.9. The summed E-state index contributed by atoms with van der Waals surface area (Å²) in [6, 6.07) is 5.33. The van der Waals surface area contributed by atoms with Crippen LogP contribution in [-0.4, -0.2) is 48.2 Å². The van der Waals surface area contributed by atoms with Gasteiger partial charge in [0.05, 0.1) is 7.11 Å². The van der Waals surface area contributed by atoms with Crippen molar-refractivity contribution in [2.45, 2.75) is 6.10 Å². The highest BCUT2D eigenvalue weighted by Crippen LogP contribution is 2.32. The molecular weight excluding hydrogens is 294 g/mol. The van der Waals surface area contributed by atoms with Crippen LogP contribution in [0.3, 0.4) is 0 Å². The fraction of sp³-hybridized carbons (Fsp3) is 0.286. The molecule has 2 unspecified atom stereocenters. The molecule has 7 nitrogen and oxygen atoms in total. The van der Waals surface area contributed by atoms with E-state index in [9.17, 15) is 18.8 Å². The lowest BCUT2D eigenvalue weighted by atomic mass is 9.94. The normalized spacial score (nSPS) is 23.2. The molecule has 1 saturated heterocycles. The van der Waals surface area contributed by atoms with Crippen molar-refractivity contribution >= 4 is 23.5 Å². The predicted octanol–water partition coefficient (Wildman–Crippen LogP) is 0.0866. The van der Waals surface area contributed by atoms with E-state index in [1.807, 2.05) is 0 Å². The Morgan fingerprint density at radius 2 is 2.00 bits per heavy atom. The quantitative estimate of drug-likeness (QED) is 0.583. The molecule has 114 valence electrons. The summed E-state index contributed by atoms with van der Waals surface area (Å²) < 4.78 is 17.4. The third-order valence-corrected chi connectivity index (χ3v) is 3.56. The van der Waals surface area contributed by atoms with Crippen LogP contribution >= 0.6 is 0 Å². The van der Waals surface area contributed by atoms with Gasteiger partial charge in [-0.1, -0.05) is 17.3 Å². The molecule has 0 aliphatic carbocycles. The van der Waals surface area contributed by atoms with Gasteiger partial charge < -0.3 is 9.57 Å². The minimum absolute atomic E-state index is 0.246. The second-order valence-corrected chi connectivity index (χ2v) is 4.83. The van der Waals surface area contributed by atoms with Gasteiger partial charge in [0.25, 0.3) is 5.91 Å². The minimum atomic E-state index is -1.09. The number of nitrogens with zero attached hydrogens (tertiary/aromatic N) is 2. The number of likely N-dealkylation sites (tertiary alicyclic amines) is 1. The molecule has 1 fully saturated rings. The lowest BCUT2D eigenvalue weighted by Gasteiger charge is -2.13. The van der Waals surface area contributed by atoms with Crippen LogP contribution in [0, 0.1) is 11.7 Å². The topological polar surface area (TPSA) is 85.3 Å². The first-order chi connectivity index (χ1) is 10.5. The third kappa shape index (κ3) is 2.12. The van der Waals surface area contributed by atoms with E-state index in [2.05, 4.69) is 9.89 Å². The van der Waals surface area contributed by atoms with Crippen molar-refractivity contribution in [1.29, 1.82) is 0 Å². The molecule has 0 bridgehead atoms. The van der Waals surface area contributed by atoms with E-state index in [1.54, 1.807) is 0 Å². The summed E-state index contributed by atoms with van der Waals surface area (Å²) in [6.45, 7) is -0.471. The number of ether oxygens (including phenoxy) is 1. The van der Waals surface area contributed by atoms with E-state index in [4.69, 9.17) is 4.84 Å². The number of imide groups is 1. The average Bonchev–Trinajstić information content (AvgIpc) is 3.04. The number of benzene rings is 1. The number of esters is 1. The maximum Gasteiger partial charge on any atom is 0.325 e. The van der Waals surface area contributed by atoms with E-state index in [-0.39, 0.29) is 5.71 Å². The van der Waals surface area contributed by atoms with Gasteiger partial charge in [0.1, 0.15) is 24.0 Å². The molecule has 3 rings (SSSR count). The summed E-state index contributed by atoms with van der Waals surface area (Å²) in [5, 5.41) is 3.76. The van der Waals surface area contributed by atoms with E-state index >= 15 is 0 Å². The van der Waals surface area contributed by atoms with E-state index in [0.29, 0.717) is 5.56 Å². The van der Waals surface area contributed by atoms with Crippen LogP contribution in [-0.2, 0) is 24.0 Å². The number of fused-ring (bicyclic) bond motifs is 1. The smallest absolute Gasteiger partial charge is 0.325 e. The molecule has 8 heteroatoms. The van der Waals surface area contributed by atoms with Gasteiger partial charge >= 0.3 is 5.97 Å². The molecule has 2 amide bonds.